The first kappa shape index (κ1) is 19.6. The van der Waals surface area contributed by atoms with E-state index in [1.54, 1.807) is 11.0 Å². The number of carbonyl (C=O) groups is 2. The Balaban J connectivity index is 1.38. The first-order valence-electron chi connectivity index (χ1n) is 8.76. The van der Waals surface area contributed by atoms with Gasteiger partial charge in [0.15, 0.2) is 0 Å². The number of carbonyl (C=O) groups excluding carboxylic acids is 2. The topological polar surface area (TPSA) is 88.9 Å². The highest BCUT2D eigenvalue weighted by molar-refractivity contribution is 8.00. The second-order valence-electron chi connectivity index (χ2n) is 6.21. The van der Waals surface area contributed by atoms with Crippen molar-refractivity contribution in [1.82, 2.24) is 14.8 Å². The lowest BCUT2D eigenvalue weighted by Gasteiger charge is -2.05. The monoisotopic (exact) mass is 395 g/mol. The molecular formula is C20H21N5O2S. The first-order valence-corrected chi connectivity index (χ1v) is 9.91. The van der Waals surface area contributed by atoms with Crippen molar-refractivity contribution >= 4 is 35.2 Å². The molecule has 1 aromatic heterocycles. The minimum absolute atomic E-state index is 0.146. The van der Waals surface area contributed by atoms with E-state index < -0.39 is 0 Å². The third-order valence-corrected chi connectivity index (χ3v) is 4.71. The van der Waals surface area contributed by atoms with Gasteiger partial charge >= 0.3 is 0 Å². The third-order valence-electron chi connectivity index (χ3n) is 3.78. The molecule has 0 atom stereocenters. The van der Waals surface area contributed by atoms with Gasteiger partial charge in [-0.25, -0.2) is 9.67 Å². The molecule has 1 heterocycles. The van der Waals surface area contributed by atoms with Crippen LogP contribution in [0.2, 0.25) is 0 Å². The van der Waals surface area contributed by atoms with Crippen molar-refractivity contribution < 1.29 is 9.59 Å². The number of aromatic nitrogens is 3. The molecule has 0 saturated heterocycles. The van der Waals surface area contributed by atoms with Crippen LogP contribution in [0.5, 0.6) is 0 Å². The van der Waals surface area contributed by atoms with E-state index in [1.165, 1.54) is 11.8 Å². The number of nitrogens with one attached hydrogen (secondary N) is 2. The number of aryl methyl sites for hydroxylation is 1. The van der Waals surface area contributed by atoms with E-state index in [0.717, 1.165) is 16.8 Å². The zero-order chi connectivity index (χ0) is 19.8. The minimum Gasteiger partial charge on any atom is -0.325 e. The number of rotatable bonds is 8. The first-order chi connectivity index (χ1) is 13.6. The number of anilines is 2. The molecule has 0 fully saturated rings. The van der Waals surface area contributed by atoms with Crippen molar-refractivity contribution in [3.63, 3.8) is 0 Å². The summed E-state index contributed by atoms with van der Waals surface area (Å²) in [6.45, 7) is 2.57. The van der Waals surface area contributed by atoms with Gasteiger partial charge in [0, 0.05) is 5.69 Å². The van der Waals surface area contributed by atoms with Crippen molar-refractivity contribution in [2.24, 2.45) is 0 Å². The molecule has 0 spiro atoms. The lowest BCUT2D eigenvalue weighted by molar-refractivity contribution is -0.114. The fraction of sp³-hybridized carbons (Fsp3) is 0.200. The molecule has 28 heavy (non-hydrogen) atoms. The van der Waals surface area contributed by atoms with Crippen LogP contribution < -0.4 is 10.6 Å². The van der Waals surface area contributed by atoms with Crippen molar-refractivity contribution in [3.8, 4) is 0 Å². The third kappa shape index (κ3) is 6.24. The molecule has 2 N–H and O–H groups in total. The zero-order valence-electron chi connectivity index (χ0n) is 15.5. The molecule has 3 aromatic rings. The molecule has 8 heteroatoms. The summed E-state index contributed by atoms with van der Waals surface area (Å²) in [5, 5.41) is 9.68. The SMILES string of the molecule is Cc1ccc(NC(=O)CSCC(=O)Nc2ncn(Cc3ccccc3)n2)cc1. The standard InChI is InChI=1S/C20H21N5O2S/c1-15-7-9-17(10-8-15)22-18(26)12-28-13-19(27)23-20-21-14-25(24-20)11-16-5-3-2-4-6-16/h2-10,14H,11-13H2,1H3,(H,22,26)(H,23,24,27). The van der Waals surface area contributed by atoms with Gasteiger partial charge in [0.25, 0.3) is 0 Å². The van der Waals surface area contributed by atoms with Gasteiger partial charge in [-0.3, -0.25) is 14.9 Å². The van der Waals surface area contributed by atoms with E-state index in [1.807, 2.05) is 61.5 Å². The van der Waals surface area contributed by atoms with Crippen LogP contribution in [0.4, 0.5) is 11.6 Å². The van der Waals surface area contributed by atoms with Gasteiger partial charge in [0.05, 0.1) is 18.1 Å². The van der Waals surface area contributed by atoms with Crippen molar-refractivity contribution in [1.29, 1.82) is 0 Å². The molecule has 7 nitrogen and oxygen atoms in total. The second kappa shape index (κ2) is 9.70. The highest BCUT2D eigenvalue weighted by atomic mass is 32.2. The van der Waals surface area contributed by atoms with Gasteiger partial charge in [-0.2, -0.15) is 0 Å². The Morgan fingerprint density at radius 1 is 0.964 bits per heavy atom. The molecular weight excluding hydrogens is 374 g/mol. The Morgan fingerprint density at radius 2 is 1.64 bits per heavy atom. The van der Waals surface area contributed by atoms with Crippen LogP contribution in [-0.4, -0.2) is 38.1 Å². The lowest BCUT2D eigenvalue weighted by atomic mass is 10.2. The summed E-state index contributed by atoms with van der Waals surface area (Å²) in [7, 11) is 0. The summed E-state index contributed by atoms with van der Waals surface area (Å²) in [6.07, 6.45) is 1.57. The van der Waals surface area contributed by atoms with E-state index in [0.29, 0.717) is 6.54 Å². The van der Waals surface area contributed by atoms with Gasteiger partial charge < -0.3 is 5.32 Å². The predicted octanol–water partition coefficient (Wildman–Crippen LogP) is 2.95. The average Bonchev–Trinajstić information content (AvgIpc) is 3.11. The number of thioether (sulfide) groups is 1. The van der Waals surface area contributed by atoms with E-state index in [9.17, 15) is 9.59 Å². The molecule has 0 saturated carbocycles. The molecule has 0 aliphatic rings. The number of hydrogen-bond acceptors (Lipinski definition) is 5. The Bertz CT molecular complexity index is 925. The molecule has 0 aliphatic carbocycles. The van der Waals surface area contributed by atoms with E-state index >= 15 is 0 Å². The van der Waals surface area contributed by atoms with E-state index in [2.05, 4.69) is 20.7 Å². The fourth-order valence-electron chi connectivity index (χ4n) is 2.43. The number of nitrogens with zero attached hydrogens (tertiary/aromatic N) is 3. The van der Waals surface area contributed by atoms with Crippen molar-refractivity contribution in [2.45, 2.75) is 13.5 Å². The van der Waals surface area contributed by atoms with Crippen molar-refractivity contribution in [3.05, 3.63) is 72.1 Å². The van der Waals surface area contributed by atoms with Crippen LogP contribution in [0.1, 0.15) is 11.1 Å². The lowest BCUT2D eigenvalue weighted by Crippen LogP contribution is -2.19. The Labute approximate surface area is 167 Å². The number of amides is 2. The van der Waals surface area contributed by atoms with Crippen LogP contribution in [0.3, 0.4) is 0 Å². The molecule has 144 valence electrons. The largest absolute Gasteiger partial charge is 0.325 e. The molecule has 3 rings (SSSR count). The van der Waals surface area contributed by atoms with E-state index in [-0.39, 0.29) is 29.3 Å². The Kier molecular flexibility index (Phi) is 6.80. The van der Waals surface area contributed by atoms with Crippen LogP contribution in [0.25, 0.3) is 0 Å². The molecule has 0 aliphatic heterocycles. The summed E-state index contributed by atoms with van der Waals surface area (Å²) < 4.78 is 1.66. The van der Waals surface area contributed by atoms with Gasteiger partial charge in [0.1, 0.15) is 6.33 Å². The Hall–Kier alpha value is -3.13. The van der Waals surface area contributed by atoms with E-state index in [4.69, 9.17) is 0 Å². The maximum absolute atomic E-state index is 12.0. The summed E-state index contributed by atoms with van der Waals surface area (Å²) in [6, 6.07) is 17.4. The zero-order valence-corrected chi connectivity index (χ0v) is 16.3. The highest BCUT2D eigenvalue weighted by Gasteiger charge is 2.09. The second-order valence-corrected chi connectivity index (χ2v) is 7.19. The maximum Gasteiger partial charge on any atom is 0.248 e. The Morgan fingerprint density at radius 3 is 2.36 bits per heavy atom. The van der Waals surface area contributed by atoms with Crippen LogP contribution in [0.15, 0.2) is 60.9 Å². The molecule has 0 unspecified atom stereocenters. The number of hydrogen-bond donors (Lipinski definition) is 2. The summed E-state index contributed by atoms with van der Waals surface area (Å²) in [5.41, 5.74) is 2.97. The predicted molar refractivity (Wildman–Crippen MR) is 111 cm³/mol. The number of benzene rings is 2. The molecule has 0 bridgehead atoms. The van der Waals surface area contributed by atoms with Crippen LogP contribution in [-0.2, 0) is 16.1 Å². The smallest absolute Gasteiger partial charge is 0.248 e. The minimum atomic E-state index is -0.245. The quantitative estimate of drug-likeness (QED) is 0.612. The van der Waals surface area contributed by atoms with Gasteiger partial charge in [-0.15, -0.1) is 16.9 Å². The molecule has 0 radical (unpaired) electrons. The maximum atomic E-state index is 12.0. The van der Waals surface area contributed by atoms with Gasteiger partial charge in [0.2, 0.25) is 17.8 Å². The van der Waals surface area contributed by atoms with Gasteiger partial charge in [-0.05, 0) is 24.6 Å². The van der Waals surface area contributed by atoms with Crippen molar-refractivity contribution in [2.75, 3.05) is 22.1 Å². The van der Waals surface area contributed by atoms with Gasteiger partial charge in [-0.1, -0.05) is 48.0 Å². The summed E-state index contributed by atoms with van der Waals surface area (Å²) in [5.74, 6) is 0.203. The fourth-order valence-corrected chi connectivity index (χ4v) is 3.05. The van der Waals surface area contributed by atoms with Crippen LogP contribution >= 0.6 is 11.8 Å². The highest BCUT2D eigenvalue weighted by Crippen LogP contribution is 2.10. The van der Waals surface area contributed by atoms with Crippen LogP contribution in [0, 0.1) is 6.92 Å². The normalized spacial score (nSPS) is 10.5. The summed E-state index contributed by atoms with van der Waals surface area (Å²) in [4.78, 5) is 28.0. The molecule has 2 amide bonds. The molecule has 2 aromatic carbocycles. The summed E-state index contributed by atoms with van der Waals surface area (Å²) >= 11 is 1.23. The average molecular weight is 395 g/mol.